The van der Waals surface area contributed by atoms with Gasteiger partial charge in [0.25, 0.3) is 0 Å². The molecule has 0 saturated heterocycles. The highest BCUT2D eigenvalue weighted by Crippen LogP contribution is 2.22. The number of benzene rings is 2. The second-order valence-electron chi connectivity index (χ2n) is 6.80. The standard InChI is InChI=1S/C21H24FNO3/c1-21(2,3)26-20(24)23-14-16(13-22)15-25-19-11-9-18(10-12-19)17-7-5-4-6-8-17/h4-13H,14-15H2,1-3H3,(H,23,24). The molecule has 2 rings (SSSR count). The molecule has 0 radical (unpaired) electrons. The Labute approximate surface area is 153 Å². The van der Waals surface area contributed by atoms with Crippen LogP contribution in [0.4, 0.5) is 9.18 Å². The van der Waals surface area contributed by atoms with Gasteiger partial charge in [0.1, 0.15) is 18.0 Å². The quantitative estimate of drug-likeness (QED) is 0.781. The molecule has 0 spiro atoms. The molecule has 26 heavy (non-hydrogen) atoms. The summed E-state index contributed by atoms with van der Waals surface area (Å²) in [5.74, 6) is 0.626. The van der Waals surface area contributed by atoms with E-state index in [1.165, 1.54) is 0 Å². The van der Waals surface area contributed by atoms with Crippen molar-refractivity contribution in [1.82, 2.24) is 5.32 Å². The van der Waals surface area contributed by atoms with Crippen molar-refractivity contribution in [2.75, 3.05) is 13.2 Å². The predicted octanol–water partition coefficient (Wildman–Crippen LogP) is 5.11. The van der Waals surface area contributed by atoms with Gasteiger partial charge in [0.05, 0.1) is 6.33 Å². The molecule has 1 N–H and O–H groups in total. The monoisotopic (exact) mass is 357 g/mol. The van der Waals surface area contributed by atoms with Crippen LogP contribution in [0.2, 0.25) is 0 Å². The molecule has 0 fully saturated rings. The van der Waals surface area contributed by atoms with Gasteiger partial charge < -0.3 is 14.8 Å². The maximum absolute atomic E-state index is 13.0. The molecule has 0 aromatic heterocycles. The average Bonchev–Trinajstić information content (AvgIpc) is 2.61. The van der Waals surface area contributed by atoms with Gasteiger partial charge in [0, 0.05) is 12.1 Å². The molecule has 5 heteroatoms. The second kappa shape index (κ2) is 9.04. The number of carbonyl (C=O) groups is 1. The lowest BCUT2D eigenvalue weighted by Gasteiger charge is -2.20. The summed E-state index contributed by atoms with van der Waals surface area (Å²) < 4.78 is 23.7. The van der Waals surface area contributed by atoms with E-state index in [1.807, 2.05) is 54.6 Å². The first kappa shape index (κ1) is 19.5. The Hall–Kier alpha value is -2.82. The van der Waals surface area contributed by atoms with Crippen molar-refractivity contribution >= 4 is 6.09 Å². The molecular formula is C21H24FNO3. The van der Waals surface area contributed by atoms with Gasteiger partial charge in [0.15, 0.2) is 0 Å². The maximum Gasteiger partial charge on any atom is 0.407 e. The van der Waals surface area contributed by atoms with Crippen LogP contribution in [0.25, 0.3) is 11.1 Å². The molecule has 0 unspecified atom stereocenters. The van der Waals surface area contributed by atoms with Crippen LogP contribution in [0.3, 0.4) is 0 Å². The Balaban J connectivity index is 1.84. The first-order chi connectivity index (χ1) is 12.4. The van der Waals surface area contributed by atoms with Crippen molar-refractivity contribution in [1.29, 1.82) is 0 Å². The summed E-state index contributed by atoms with van der Waals surface area (Å²) in [5.41, 5.74) is 1.90. The van der Waals surface area contributed by atoms with Crippen LogP contribution in [-0.2, 0) is 4.74 Å². The van der Waals surface area contributed by atoms with Crippen LogP contribution < -0.4 is 10.1 Å². The second-order valence-corrected chi connectivity index (χ2v) is 6.80. The number of alkyl carbamates (subject to hydrolysis) is 1. The zero-order valence-corrected chi connectivity index (χ0v) is 15.3. The maximum atomic E-state index is 13.0. The molecule has 138 valence electrons. The third kappa shape index (κ3) is 6.59. The topological polar surface area (TPSA) is 47.6 Å². The number of halogens is 1. The van der Waals surface area contributed by atoms with Gasteiger partial charge in [0.2, 0.25) is 0 Å². The van der Waals surface area contributed by atoms with Crippen LogP contribution in [-0.4, -0.2) is 24.8 Å². The van der Waals surface area contributed by atoms with Gasteiger partial charge in [-0.3, -0.25) is 0 Å². The van der Waals surface area contributed by atoms with E-state index in [0.717, 1.165) is 11.1 Å². The minimum atomic E-state index is -0.597. The van der Waals surface area contributed by atoms with E-state index < -0.39 is 11.7 Å². The summed E-state index contributed by atoms with van der Waals surface area (Å²) in [5, 5.41) is 2.51. The number of hydrogen-bond acceptors (Lipinski definition) is 3. The number of ether oxygens (including phenoxy) is 2. The molecule has 0 saturated carbocycles. The van der Waals surface area contributed by atoms with Crippen LogP contribution >= 0.6 is 0 Å². The molecule has 2 aromatic carbocycles. The number of carbonyl (C=O) groups excluding carboxylic acids is 1. The van der Waals surface area contributed by atoms with Crippen molar-refractivity contribution in [3.63, 3.8) is 0 Å². The Bertz CT molecular complexity index is 734. The van der Waals surface area contributed by atoms with E-state index in [-0.39, 0.29) is 13.2 Å². The third-order valence-electron chi connectivity index (χ3n) is 3.40. The van der Waals surface area contributed by atoms with E-state index in [4.69, 9.17) is 9.47 Å². The molecule has 0 aliphatic rings. The number of rotatable bonds is 6. The molecule has 4 nitrogen and oxygen atoms in total. The van der Waals surface area contributed by atoms with Crippen LogP contribution in [0.5, 0.6) is 5.75 Å². The van der Waals surface area contributed by atoms with E-state index >= 15 is 0 Å². The fourth-order valence-corrected chi connectivity index (χ4v) is 2.17. The predicted molar refractivity (Wildman–Crippen MR) is 101 cm³/mol. The van der Waals surface area contributed by atoms with Crippen LogP contribution in [0, 0.1) is 0 Å². The Kier molecular flexibility index (Phi) is 6.78. The molecule has 0 aliphatic heterocycles. The first-order valence-corrected chi connectivity index (χ1v) is 8.40. The summed E-state index contributed by atoms with van der Waals surface area (Å²) in [4.78, 5) is 11.6. The lowest BCUT2D eigenvalue weighted by atomic mass is 10.1. The zero-order chi connectivity index (χ0) is 19.0. The SMILES string of the molecule is CC(C)(C)OC(=O)NCC(=CF)COc1ccc(-c2ccccc2)cc1. The van der Waals surface area contributed by atoms with E-state index in [2.05, 4.69) is 5.32 Å². The summed E-state index contributed by atoms with van der Waals surface area (Å²) in [6.45, 7) is 5.35. The van der Waals surface area contributed by atoms with Gasteiger partial charge in [-0.2, -0.15) is 0 Å². The first-order valence-electron chi connectivity index (χ1n) is 8.40. The highest BCUT2D eigenvalue weighted by Gasteiger charge is 2.16. The highest BCUT2D eigenvalue weighted by atomic mass is 19.1. The summed E-state index contributed by atoms with van der Waals surface area (Å²) in [7, 11) is 0. The normalized spacial score (nSPS) is 11.8. The lowest BCUT2D eigenvalue weighted by molar-refractivity contribution is 0.0531. The van der Waals surface area contributed by atoms with E-state index in [9.17, 15) is 9.18 Å². The van der Waals surface area contributed by atoms with Crippen molar-refractivity contribution in [2.45, 2.75) is 26.4 Å². The average molecular weight is 357 g/mol. The van der Waals surface area contributed by atoms with Gasteiger partial charge in [-0.05, 0) is 44.0 Å². The van der Waals surface area contributed by atoms with Crippen molar-refractivity contribution in [3.8, 4) is 16.9 Å². The fraction of sp³-hybridized carbons (Fsp3) is 0.286. The lowest BCUT2D eigenvalue weighted by Crippen LogP contribution is -2.34. The van der Waals surface area contributed by atoms with Crippen molar-refractivity contribution in [2.24, 2.45) is 0 Å². The summed E-state index contributed by atoms with van der Waals surface area (Å²) in [6, 6.07) is 17.6. The molecule has 0 bridgehead atoms. The van der Waals surface area contributed by atoms with E-state index in [0.29, 0.717) is 17.7 Å². The number of nitrogens with one attached hydrogen (secondary N) is 1. The molecule has 0 aliphatic carbocycles. The molecule has 0 heterocycles. The van der Waals surface area contributed by atoms with Crippen molar-refractivity contribution in [3.05, 3.63) is 66.5 Å². The number of amides is 1. The molecule has 0 atom stereocenters. The number of hydrogen-bond donors (Lipinski definition) is 1. The Morgan fingerprint density at radius 1 is 1.04 bits per heavy atom. The van der Waals surface area contributed by atoms with Crippen LogP contribution in [0.15, 0.2) is 66.5 Å². The van der Waals surface area contributed by atoms with Crippen LogP contribution in [0.1, 0.15) is 20.8 Å². The van der Waals surface area contributed by atoms with E-state index in [1.54, 1.807) is 20.8 Å². The molecule has 2 aromatic rings. The van der Waals surface area contributed by atoms with Gasteiger partial charge >= 0.3 is 6.09 Å². The van der Waals surface area contributed by atoms with Gasteiger partial charge in [-0.15, -0.1) is 0 Å². The highest BCUT2D eigenvalue weighted by molar-refractivity contribution is 5.68. The third-order valence-corrected chi connectivity index (χ3v) is 3.40. The summed E-state index contributed by atoms with van der Waals surface area (Å²) >= 11 is 0. The smallest absolute Gasteiger partial charge is 0.407 e. The zero-order valence-electron chi connectivity index (χ0n) is 15.3. The van der Waals surface area contributed by atoms with Gasteiger partial charge in [-0.25, -0.2) is 9.18 Å². The molecular weight excluding hydrogens is 333 g/mol. The summed E-state index contributed by atoms with van der Waals surface area (Å²) in [6.07, 6.45) is -0.153. The minimum Gasteiger partial charge on any atom is -0.489 e. The Morgan fingerprint density at radius 3 is 2.23 bits per heavy atom. The van der Waals surface area contributed by atoms with Crippen molar-refractivity contribution < 1.29 is 18.7 Å². The molecule has 1 amide bonds. The largest absolute Gasteiger partial charge is 0.489 e. The fourth-order valence-electron chi connectivity index (χ4n) is 2.17. The minimum absolute atomic E-state index is 0.0213. The Morgan fingerprint density at radius 2 is 1.65 bits per heavy atom. The van der Waals surface area contributed by atoms with Gasteiger partial charge in [-0.1, -0.05) is 42.5 Å².